The van der Waals surface area contributed by atoms with Crippen LogP contribution in [0.4, 0.5) is 5.69 Å². The van der Waals surface area contributed by atoms with E-state index in [2.05, 4.69) is 18.1 Å². The second kappa shape index (κ2) is 7.90. The second-order valence-electron chi connectivity index (χ2n) is 5.15. The summed E-state index contributed by atoms with van der Waals surface area (Å²) in [4.78, 5) is 15.6. The molecule has 5 heteroatoms. The Morgan fingerprint density at radius 2 is 1.86 bits per heavy atom. The highest BCUT2D eigenvalue weighted by Gasteiger charge is 2.20. The monoisotopic (exact) mass is 320 g/mol. The predicted molar refractivity (Wildman–Crippen MR) is 90.8 cm³/mol. The van der Waals surface area contributed by atoms with E-state index in [1.807, 2.05) is 29.2 Å². The lowest BCUT2D eigenvalue weighted by molar-refractivity contribution is -0.128. The maximum Gasteiger partial charge on any atom is 0.237 e. The summed E-state index contributed by atoms with van der Waals surface area (Å²) in [7, 11) is 0. The minimum absolute atomic E-state index is 0.00696. The lowest BCUT2D eigenvalue weighted by Gasteiger charge is -2.35. The van der Waals surface area contributed by atoms with Crippen molar-refractivity contribution in [1.29, 1.82) is 0 Å². The van der Waals surface area contributed by atoms with Gasteiger partial charge >= 0.3 is 0 Å². The summed E-state index contributed by atoms with van der Waals surface area (Å²) in [6.07, 6.45) is 1.69. The van der Waals surface area contributed by atoms with Crippen LogP contribution >= 0.6 is 11.6 Å². The van der Waals surface area contributed by atoms with Crippen LogP contribution in [-0.4, -0.2) is 49.5 Å². The van der Waals surface area contributed by atoms with Crippen LogP contribution in [0.3, 0.4) is 0 Å². The van der Waals surface area contributed by atoms with Crippen molar-refractivity contribution in [2.75, 3.05) is 43.6 Å². The molecule has 1 aliphatic heterocycles. The smallest absolute Gasteiger partial charge is 0.237 e. The van der Waals surface area contributed by atoms with Gasteiger partial charge in [0.05, 0.1) is 0 Å². The normalized spacial score (nSPS) is 14.6. The first-order valence-corrected chi connectivity index (χ1v) is 7.79. The third kappa shape index (κ3) is 4.28. The van der Waals surface area contributed by atoms with E-state index in [0.29, 0.717) is 19.7 Å². The Balaban J connectivity index is 1.87. The molecule has 0 atom stereocenters. The first-order chi connectivity index (χ1) is 10.6. The minimum atomic E-state index is 0.00696. The van der Waals surface area contributed by atoms with Gasteiger partial charge in [0.2, 0.25) is 5.91 Å². The van der Waals surface area contributed by atoms with E-state index in [4.69, 9.17) is 16.3 Å². The van der Waals surface area contributed by atoms with Gasteiger partial charge < -0.3 is 14.5 Å². The molecule has 0 unspecified atom stereocenters. The van der Waals surface area contributed by atoms with E-state index >= 15 is 0 Å². The van der Waals surface area contributed by atoms with Gasteiger partial charge in [0.15, 0.2) is 0 Å². The molecular weight excluding hydrogens is 300 g/mol. The van der Waals surface area contributed by atoms with E-state index in [0.717, 1.165) is 30.1 Å². The molecule has 1 heterocycles. The molecule has 0 aromatic heterocycles. The molecular formula is C17H21ClN2O2. The number of hydrogen-bond donors (Lipinski definition) is 0. The van der Waals surface area contributed by atoms with Crippen molar-refractivity contribution >= 4 is 23.2 Å². The van der Waals surface area contributed by atoms with E-state index < -0.39 is 0 Å². The summed E-state index contributed by atoms with van der Waals surface area (Å²) in [5, 5.41) is 0. The highest BCUT2D eigenvalue weighted by molar-refractivity contribution is 6.27. The number of ether oxygens (including phenoxy) is 1. The topological polar surface area (TPSA) is 32.8 Å². The van der Waals surface area contributed by atoms with E-state index in [9.17, 15) is 4.79 Å². The van der Waals surface area contributed by atoms with Gasteiger partial charge in [-0.25, -0.2) is 0 Å². The lowest BCUT2D eigenvalue weighted by atomic mass is 10.2. The summed E-state index contributed by atoms with van der Waals surface area (Å²) in [5.41, 5.74) is 1.98. The summed E-state index contributed by atoms with van der Waals surface area (Å²) in [6.45, 7) is 11.0. The molecule has 1 saturated heterocycles. The van der Waals surface area contributed by atoms with Crippen molar-refractivity contribution in [3.63, 3.8) is 0 Å². The zero-order valence-electron chi connectivity index (χ0n) is 12.6. The van der Waals surface area contributed by atoms with Crippen LogP contribution in [0.1, 0.15) is 0 Å². The zero-order chi connectivity index (χ0) is 15.9. The number of rotatable bonds is 6. The van der Waals surface area contributed by atoms with Gasteiger partial charge in [-0.15, -0.1) is 11.6 Å². The Kier molecular flexibility index (Phi) is 5.90. The average Bonchev–Trinajstić information content (AvgIpc) is 2.59. The molecule has 1 aliphatic rings. The summed E-state index contributed by atoms with van der Waals surface area (Å²) in [5.74, 6) is 0.873. The van der Waals surface area contributed by atoms with Gasteiger partial charge in [-0.2, -0.15) is 0 Å². The van der Waals surface area contributed by atoms with Crippen LogP contribution in [0.5, 0.6) is 5.75 Å². The molecule has 118 valence electrons. The van der Waals surface area contributed by atoms with Crippen LogP contribution in [-0.2, 0) is 4.79 Å². The number of nitrogens with zero attached hydrogens (tertiary/aromatic N) is 2. The number of anilines is 1. The molecule has 1 aromatic carbocycles. The van der Waals surface area contributed by atoms with Crippen LogP contribution in [0.2, 0.25) is 0 Å². The maximum atomic E-state index is 11.6. The van der Waals surface area contributed by atoms with Gasteiger partial charge in [-0.1, -0.05) is 19.2 Å². The number of amides is 1. The molecule has 1 amide bonds. The Morgan fingerprint density at radius 3 is 2.41 bits per heavy atom. The second-order valence-corrected chi connectivity index (χ2v) is 5.41. The van der Waals surface area contributed by atoms with Crippen molar-refractivity contribution in [3.05, 3.63) is 49.1 Å². The van der Waals surface area contributed by atoms with Gasteiger partial charge in [-0.3, -0.25) is 4.79 Å². The molecule has 0 spiro atoms. The summed E-state index contributed by atoms with van der Waals surface area (Å²) >= 11 is 5.59. The number of piperazine rings is 1. The van der Waals surface area contributed by atoms with Gasteiger partial charge in [0.1, 0.15) is 18.2 Å². The molecule has 0 aliphatic carbocycles. The summed E-state index contributed by atoms with van der Waals surface area (Å²) < 4.78 is 5.61. The molecule has 0 bridgehead atoms. The van der Waals surface area contributed by atoms with Crippen LogP contribution < -0.4 is 9.64 Å². The third-order valence-corrected chi connectivity index (χ3v) is 3.89. The van der Waals surface area contributed by atoms with Crippen LogP contribution in [0.15, 0.2) is 49.1 Å². The van der Waals surface area contributed by atoms with E-state index in [1.165, 1.54) is 0 Å². The van der Waals surface area contributed by atoms with Crippen molar-refractivity contribution < 1.29 is 9.53 Å². The Morgan fingerprint density at radius 1 is 1.23 bits per heavy atom. The standard InChI is InChI=1S/C17H21ClN2O2/c1-3-14(2)13-22-16-6-4-15(5-7-16)19-8-10-20(11-9-19)17(21)12-18/h3-7H,1-2,8-13H2. The first kappa shape index (κ1) is 16.4. The zero-order valence-corrected chi connectivity index (χ0v) is 13.4. The van der Waals surface area contributed by atoms with Gasteiger partial charge in [0, 0.05) is 31.9 Å². The van der Waals surface area contributed by atoms with Crippen molar-refractivity contribution in [2.45, 2.75) is 0 Å². The maximum absolute atomic E-state index is 11.6. The minimum Gasteiger partial charge on any atom is -0.489 e. The first-order valence-electron chi connectivity index (χ1n) is 7.26. The van der Waals surface area contributed by atoms with Crippen LogP contribution in [0, 0.1) is 0 Å². The fraction of sp³-hybridized carbons (Fsp3) is 0.353. The van der Waals surface area contributed by atoms with E-state index in [1.54, 1.807) is 6.08 Å². The van der Waals surface area contributed by atoms with Gasteiger partial charge in [-0.05, 0) is 29.8 Å². The largest absolute Gasteiger partial charge is 0.489 e. The molecule has 22 heavy (non-hydrogen) atoms. The highest BCUT2D eigenvalue weighted by Crippen LogP contribution is 2.21. The molecule has 1 aromatic rings. The van der Waals surface area contributed by atoms with E-state index in [-0.39, 0.29) is 11.8 Å². The number of halogens is 1. The average molecular weight is 321 g/mol. The number of carbonyl (C=O) groups excluding carboxylic acids is 1. The molecule has 0 radical (unpaired) electrons. The molecule has 0 N–H and O–H groups in total. The molecule has 1 fully saturated rings. The number of hydrogen-bond acceptors (Lipinski definition) is 3. The Hall–Kier alpha value is -1.94. The number of carbonyl (C=O) groups is 1. The Labute approximate surface area is 136 Å². The molecule has 0 saturated carbocycles. The lowest BCUT2D eigenvalue weighted by Crippen LogP contribution is -2.49. The molecule has 4 nitrogen and oxygen atoms in total. The fourth-order valence-electron chi connectivity index (χ4n) is 2.29. The Bertz CT molecular complexity index is 534. The van der Waals surface area contributed by atoms with Crippen LogP contribution in [0.25, 0.3) is 0 Å². The predicted octanol–water partition coefficient (Wildman–Crippen LogP) is 2.70. The highest BCUT2D eigenvalue weighted by atomic mass is 35.5. The quantitative estimate of drug-likeness (QED) is 0.597. The van der Waals surface area contributed by atoms with Crippen molar-refractivity contribution in [3.8, 4) is 5.75 Å². The van der Waals surface area contributed by atoms with Gasteiger partial charge in [0.25, 0.3) is 0 Å². The van der Waals surface area contributed by atoms with Crippen molar-refractivity contribution in [1.82, 2.24) is 4.90 Å². The number of alkyl halides is 1. The number of benzene rings is 1. The third-order valence-electron chi connectivity index (χ3n) is 3.66. The van der Waals surface area contributed by atoms with Crippen molar-refractivity contribution in [2.24, 2.45) is 0 Å². The fourth-order valence-corrected chi connectivity index (χ4v) is 2.46. The SMILES string of the molecule is C=CC(=C)COc1ccc(N2CCN(C(=O)CCl)CC2)cc1. The summed E-state index contributed by atoms with van der Waals surface area (Å²) in [6, 6.07) is 7.96. The molecule has 2 rings (SSSR count).